The molecule has 0 spiro atoms. The molecule has 0 atom stereocenters. The molecule has 0 bridgehead atoms. The number of aliphatic carboxylic acids is 1. The van der Waals surface area contributed by atoms with Crippen LogP contribution in [-0.2, 0) is 17.6 Å². The number of carbonyl (C=O) groups is 1. The summed E-state index contributed by atoms with van der Waals surface area (Å²) >= 11 is 5.93. The van der Waals surface area contributed by atoms with E-state index in [4.69, 9.17) is 21.1 Å². The Morgan fingerprint density at radius 1 is 1.33 bits per heavy atom. The zero-order valence-corrected chi connectivity index (χ0v) is 13.8. The molecular weight excluding hydrogens is 330 g/mol. The van der Waals surface area contributed by atoms with Gasteiger partial charge in [0.2, 0.25) is 0 Å². The van der Waals surface area contributed by atoms with E-state index in [1.165, 1.54) is 0 Å². The van der Waals surface area contributed by atoms with Gasteiger partial charge in [-0.3, -0.25) is 9.36 Å². The highest BCUT2D eigenvalue weighted by molar-refractivity contribution is 6.30. The number of aryl methyl sites for hydroxylation is 2. The number of rotatable bonds is 6. The molecule has 0 unspecified atom stereocenters. The molecule has 0 fully saturated rings. The van der Waals surface area contributed by atoms with E-state index in [1.807, 2.05) is 19.1 Å². The monoisotopic (exact) mass is 345 g/mol. The molecule has 24 heavy (non-hydrogen) atoms. The molecule has 124 valence electrons. The normalized spacial score (nSPS) is 10.9. The fraction of sp³-hybridized carbons (Fsp3) is 0.235. The number of halogens is 1. The van der Waals surface area contributed by atoms with E-state index in [0.29, 0.717) is 22.5 Å². The molecule has 3 rings (SSSR count). The molecule has 2 heterocycles. The first-order valence-electron chi connectivity index (χ1n) is 7.58. The first-order chi connectivity index (χ1) is 11.6. The van der Waals surface area contributed by atoms with Crippen LogP contribution < -0.4 is 0 Å². The Bertz CT molecular complexity index is 852. The molecule has 0 radical (unpaired) electrons. The lowest BCUT2D eigenvalue weighted by atomic mass is 10.1. The summed E-state index contributed by atoms with van der Waals surface area (Å²) in [6.07, 6.45) is 4.42. The van der Waals surface area contributed by atoms with E-state index >= 15 is 0 Å². The zero-order chi connectivity index (χ0) is 17.1. The molecular formula is C17H16ClN3O3. The lowest BCUT2D eigenvalue weighted by Gasteiger charge is -2.00. The number of oxazole rings is 1. The van der Waals surface area contributed by atoms with Crippen molar-refractivity contribution in [2.75, 3.05) is 0 Å². The summed E-state index contributed by atoms with van der Waals surface area (Å²) in [6, 6.07) is 7.59. The second-order valence-electron chi connectivity index (χ2n) is 5.24. The standard InChI is InChI=1S/C17H16ClN3O3/c1-2-14-19-9-10-21(14)17-20-16(11-3-5-12(18)6-4-11)13(24-17)7-8-15(22)23/h3-6,9-10H,2,7-8H2,1H3,(H,22,23). The number of hydrogen-bond donors (Lipinski definition) is 1. The van der Waals surface area contributed by atoms with E-state index in [0.717, 1.165) is 17.8 Å². The van der Waals surface area contributed by atoms with E-state index in [-0.39, 0.29) is 12.8 Å². The lowest BCUT2D eigenvalue weighted by molar-refractivity contribution is -0.137. The summed E-state index contributed by atoms with van der Waals surface area (Å²) in [5, 5.41) is 9.57. The Morgan fingerprint density at radius 3 is 2.75 bits per heavy atom. The summed E-state index contributed by atoms with van der Waals surface area (Å²) in [4.78, 5) is 19.7. The number of hydrogen-bond acceptors (Lipinski definition) is 4. The minimum atomic E-state index is -0.883. The number of nitrogens with zero attached hydrogens (tertiary/aromatic N) is 3. The van der Waals surface area contributed by atoms with Crippen LogP contribution in [0.2, 0.25) is 5.02 Å². The lowest BCUT2D eigenvalue weighted by Crippen LogP contribution is -1.99. The van der Waals surface area contributed by atoms with Gasteiger partial charge in [0.1, 0.15) is 17.3 Å². The third-order valence-corrected chi connectivity index (χ3v) is 3.86. The highest BCUT2D eigenvalue weighted by Gasteiger charge is 2.18. The van der Waals surface area contributed by atoms with Gasteiger partial charge >= 0.3 is 12.0 Å². The van der Waals surface area contributed by atoms with Crippen LogP contribution in [0.4, 0.5) is 0 Å². The minimum Gasteiger partial charge on any atom is -0.481 e. The average molecular weight is 346 g/mol. The fourth-order valence-corrected chi connectivity index (χ4v) is 2.56. The van der Waals surface area contributed by atoms with E-state index in [2.05, 4.69) is 9.97 Å². The summed E-state index contributed by atoms with van der Waals surface area (Å²) < 4.78 is 7.62. The van der Waals surface area contributed by atoms with Crippen LogP contribution in [0, 0.1) is 0 Å². The molecule has 0 amide bonds. The van der Waals surface area contributed by atoms with Gasteiger partial charge in [-0.25, -0.2) is 4.98 Å². The van der Waals surface area contributed by atoms with Crippen LogP contribution in [0.25, 0.3) is 17.3 Å². The van der Waals surface area contributed by atoms with Gasteiger partial charge in [0, 0.05) is 35.8 Å². The van der Waals surface area contributed by atoms with Crippen molar-refractivity contribution in [2.24, 2.45) is 0 Å². The van der Waals surface area contributed by atoms with Crippen LogP contribution in [0.5, 0.6) is 0 Å². The average Bonchev–Trinajstić information content (AvgIpc) is 3.19. The zero-order valence-electron chi connectivity index (χ0n) is 13.1. The van der Waals surface area contributed by atoms with Gasteiger partial charge in [0.25, 0.3) is 0 Å². The number of carboxylic acids is 1. The summed E-state index contributed by atoms with van der Waals surface area (Å²) in [5.74, 6) is 0.473. The van der Waals surface area contributed by atoms with E-state index in [9.17, 15) is 4.79 Å². The van der Waals surface area contributed by atoms with Crippen molar-refractivity contribution in [3.8, 4) is 17.3 Å². The maximum Gasteiger partial charge on any atom is 0.307 e. The third-order valence-electron chi connectivity index (χ3n) is 3.61. The molecule has 6 nitrogen and oxygen atoms in total. The SMILES string of the molecule is CCc1nccn1-c1nc(-c2ccc(Cl)cc2)c(CCC(=O)O)o1. The van der Waals surface area contributed by atoms with Gasteiger partial charge in [-0.05, 0) is 12.1 Å². The predicted octanol–water partition coefficient (Wildman–Crippen LogP) is 3.76. The smallest absolute Gasteiger partial charge is 0.307 e. The van der Waals surface area contributed by atoms with Gasteiger partial charge < -0.3 is 9.52 Å². The van der Waals surface area contributed by atoms with Crippen molar-refractivity contribution in [3.05, 3.63) is 53.3 Å². The molecule has 0 saturated carbocycles. The van der Waals surface area contributed by atoms with Crippen LogP contribution in [0.3, 0.4) is 0 Å². The fourth-order valence-electron chi connectivity index (χ4n) is 2.44. The second kappa shape index (κ2) is 6.88. The molecule has 0 aliphatic carbocycles. The van der Waals surface area contributed by atoms with Crippen LogP contribution in [0.1, 0.15) is 24.9 Å². The van der Waals surface area contributed by atoms with Gasteiger partial charge in [0.15, 0.2) is 0 Å². The van der Waals surface area contributed by atoms with Gasteiger partial charge in [-0.2, -0.15) is 4.98 Å². The second-order valence-corrected chi connectivity index (χ2v) is 5.67. The van der Waals surface area contributed by atoms with E-state index in [1.54, 1.807) is 29.1 Å². The summed E-state index contributed by atoms with van der Waals surface area (Å²) in [5.41, 5.74) is 1.45. The van der Waals surface area contributed by atoms with Gasteiger partial charge in [-0.1, -0.05) is 30.7 Å². The number of carboxylic acid groups (broad SMARTS) is 1. The summed E-state index contributed by atoms with van der Waals surface area (Å²) in [7, 11) is 0. The largest absolute Gasteiger partial charge is 0.481 e. The van der Waals surface area contributed by atoms with Crippen molar-refractivity contribution in [3.63, 3.8) is 0 Å². The molecule has 0 aliphatic heterocycles. The van der Waals surface area contributed by atoms with Crippen molar-refractivity contribution >= 4 is 17.6 Å². The maximum absolute atomic E-state index is 10.9. The quantitative estimate of drug-likeness (QED) is 0.735. The first kappa shape index (κ1) is 16.3. The van der Waals surface area contributed by atoms with Crippen molar-refractivity contribution in [2.45, 2.75) is 26.2 Å². The minimum absolute atomic E-state index is 0.0280. The topological polar surface area (TPSA) is 81.2 Å². The number of imidazole rings is 1. The molecule has 3 aromatic rings. The number of benzene rings is 1. The Morgan fingerprint density at radius 2 is 2.08 bits per heavy atom. The first-order valence-corrected chi connectivity index (χ1v) is 7.96. The maximum atomic E-state index is 10.9. The molecule has 0 saturated heterocycles. The van der Waals surface area contributed by atoms with Gasteiger partial charge in [0.05, 0.1) is 6.42 Å². The van der Waals surface area contributed by atoms with Crippen LogP contribution in [-0.4, -0.2) is 25.6 Å². The molecule has 7 heteroatoms. The van der Waals surface area contributed by atoms with Gasteiger partial charge in [-0.15, -0.1) is 0 Å². The highest BCUT2D eigenvalue weighted by Crippen LogP contribution is 2.28. The summed E-state index contributed by atoms with van der Waals surface area (Å²) in [6.45, 7) is 1.99. The molecule has 0 aliphatic rings. The van der Waals surface area contributed by atoms with Crippen molar-refractivity contribution < 1.29 is 14.3 Å². The Hall–Kier alpha value is -2.60. The Kier molecular flexibility index (Phi) is 4.66. The van der Waals surface area contributed by atoms with E-state index < -0.39 is 5.97 Å². The van der Waals surface area contributed by atoms with Crippen molar-refractivity contribution in [1.82, 2.24) is 14.5 Å². The molecule has 1 N–H and O–H groups in total. The van der Waals surface area contributed by atoms with Crippen molar-refractivity contribution in [1.29, 1.82) is 0 Å². The molecule has 1 aromatic carbocycles. The molecule has 2 aromatic heterocycles. The Labute approximate surface area is 143 Å². The third kappa shape index (κ3) is 3.33. The van der Waals surface area contributed by atoms with Crippen LogP contribution in [0.15, 0.2) is 41.1 Å². The highest BCUT2D eigenvalue weighted by atomic mass is 35.5. The predicted molar refractivity (Wildman–Crippen MR) is 89.4 cm³/mol. The van der Waals surface area contributed by atoms with Crippen LogP contribution >= 0.6 is 11.6 Å². The number of aromatic nitrogens is 3. The Balaban J connectivity index is 2.05.